The van der Waals surface area contributed by atoms with E-state index in [1.165, 1.54) is 34.9 Å². The van der Waals surface area contributed by atoms with Crippen molar-refractivity contribution < 1.29 is 14.8 Å². The van der Waals surface area contributed by atoms with Gasteiger partial charge in [-0.25, -0.2) is 4.79 Å². The fourth-order valence-corrected chi connectivity index (χ4v) is 4.00. The number of rotatable bonds is 3. The van der Waals surface area contributed by atoms with Gasteiger partial charge in [-0.2, -0.15) is 0 Å². The number of quaternary nitrogens is 1. The van der Waals surface area contributed by atoms with E-state index in [2.05, 4.69) is 60.5 Å². The summed E-state index contributed by atoms with van der Waals surface area (Å²) in [5.41, 5.74) is 6.09. The molecule has 0 spiro atoms. The van der Waals surface area contributed by atoms with Crippen molar-refractivity contribution in [3.8, 4) is 0 Å². The van der Waals surface area contributed by atoms with Gasteiger partial charge < -0.3 is 15.0 Å². The van der Waals surface area contributed by atoms with Gasteiger partial charge in [0.15, 0.2) is 12.1 Å². The molecule has 1 aromatic heterocycles. The number of hydrogen-bond acceptors (Lipinski definition) is 2. The average Bonchev–Trinajstić information content (AvgIpc) is 3.05. The molecule has 0 saturated heterocycles. The molecule has 4 rings (SSSR count). The first-order chi connectivity index (χ1) is 12.6. The Kier molecular flexibility index (Phi) is 4.29. The SMILES string of the molecule is COC(=O)[C@@H]1Cc2c([nH]c3ccccc23)[C@H](c2ccc(C(C)C)cc2)[NH2+]1. The number of benzene rings is 2. The highest BCUT2D eigenvalue weighted by Crippen LogP contribution is 2.32. The normalized spacial score (nSPS) is 19.5. The molecule has 0 aliphatic carbocycles. The van der Waals surface area contributed by atoms with Crippen LogP contribution in [0, 0.1) is 0 Å². The van der Waals surface area contributed by atoms with Gasteiger partial charge in [-0.3, -0.25) is 0 Å². The van der Waals surface area contributed by atoms with Crippen LogP contribution in [0.25, 0.3) is 10.9 Å². The number of carbonyl (C=O) groups is 1. The van der Waals surface area contributed by atoms with Gasteiger partial charge in [0.25, 0.3) is 0 Å². The molecule has 3 aromatic rings. The van der Waals surface area contributed by atoms with Crippen LogP contribution in [0.3, 0.4) is 0 Å². The summed E-state index contributed by atoms with van der Waals surface area (Å²) in [6.45, 7) is 4.40. The van der Waals surface area contributed by atoms with Crippen molar-refractivity contribution >= 4 is 16.9 Å². The predicted octanol–water partition coefficient (Wildman–Crippen LogP) is 3.04. The predicted molar refractivity (Wildman–Crippen MR) is 102 cm³/mol. The first kappa shape index (κ1) is 16.9. The molecule has 26 heavy (non-hydrogen) atoms. The van der Waals surface area contributed by atoms with E-state index in [1.54, 1.807) is 0 Å². The zero-order chi connectivity index (χ0) is 18.3. The number of methoxy groups -OCH3 is 1. The number of para-hydroxylation sites is 1. The molecule has 1 aliphatic rings. The number of fused-ring (bicyclic) bond motifs is 3. The maximum absolute atomic E-state index is 12.3. The highest BCUT2D eigenvalue weighted by Gasteiger charge is 2.38. The molecule has 0 unspecified atom stereocenters. The fraction of sp³-hybridized carbons (Fsp3) is 0.318. The zero-order valence-corrected chi connectivity index (χ0v) is 15.5. The Hall–Kier alpha value is -2.59. The van der Waals surface area contributed by atoms with Gasteiger partial charge in [-0.1, -0.05) is 56.3 Å². The van der Waals surface area contributed by atoms with Gasteiger partial charge in [0.05, 0.1) is 12.8 Å². The van der Waals surface area contributed by atoms with Gasteiger partial charge in [-0.05, 0) is 23.1 Å². The maximum atomic E-state index is 12.3. The molecule has 2 atom stereocenters. The van der Waals surface area contributed by atoms with Crippen molar-refractivity contribution in [3.63, 3.8) is 0 Å². The molecule has 1 aliphatic heterocycles. The van der Waals surface area contributed by atoms with Gasteiger partial charge >= 0.3 is 5.97 Å². The molecule has 0 saturated carbocycles. The summed E-state index contributed by atoms with van der Waals surface area (Å²) in [4.78, 5) is 15.9. The lowest BCUT2D eigenvalue weighted by Crippen LogP contribution is -2.94. The van der Waals surface area contributed by atoms with Gasteiger partial charge in [0, 0.05) is 22.9 Å². The Morgan fingerprint density at radius 3 is 2.58 bits per heavy atom. The third kappa shape index (κ3) is 2.80. The minimum absolute atomic E-state index is 0.0662. The first-order valence-electron chi connectivity index (χ1n) is 9.20. The van der Waals surface area contributed by atoms with Gasteiger partial charge in [0.1, 0.15) is 0 Å². The summed E-state index contributed by atoms with van der Waals surface area (Å²) in [5, 5.41) is 3.33. The molecule has 0 radical (unpaired) electrons. The van der Waals surface area contributed by atoms with Crippen molar-refractivity contribution in [1.29, 1.82) is 0 Å². The molecular formula is C22H25N2O2+. The quantitative estimate of drug-likeness (QED) is 0.714. The van der Waals surface area contributed by atoms with E-state index >= 15 is 0 Å². The lowest BCUT2D eigenvalue weighted by Gasteiger charge is -2.27. The molecule has 0 bridgehead atoms. The number of aromatic nitrogens is 1. The van der Waals surface area contributed by atoms with E-state index in [1.807, 2.05) is 12.1 Å². The number of esters is 1. The van der Waals surface area contributed by atoms with Crippen LogP contribution >= 0.6 is 0 Å². The fourth-order valence-electron chi connectivity index (χ4n) is 4.00. The lowest BCUT2D eigenvalue weighted by molar-refractivity contribution is -0.712. The molecule has 2 heterocycles. The van der Waals surface area contributed by atoms with Crippen LogP contribution in [0.15, 0.2) is 48.5 Å². The second-order valence-electron chi connectivity index (χ2n) is 7.39. The second kappa shape index (κ2) is 6.61. The monoisotopic (exact) mass is 349 g/mol. The number of ether oxygens (including phenoxy) is 1. The molecule has 0 fully saturated rings. The van der Waals surface area contributed by atoms with Crippen LogP contribution in [0.4, 0.5) is 0 Å². The third-order valence-corrected chi connectivity index (χ3v) is 5.47. The summed E-state index contributed by atoms with van der Waals surface area (Å²) in [7, 11) is 1.47. The Balaban J connectivity index is 1.81. The molecule has 2 aromatic carbocycles. The van der Waals surface area contributed by atoms with Crippen LogP contribution in [0.1, 0.15) is 48.2 Å². The maximum Gasteiger partial charge on any atom is 0.364 e. The second-order valence-corrected chi connectivity index (χ2v) is 7.39. The van der Waals surface area contributed by atoms with E-state index in [4.69, 9.17) is 4.74 Å². The van der Waals surface area contributed by atoms with E-state index in [9.17, 15) is 4.79 Å². The van der Waals surface area contributed by atoms with Crippen molar-refractivity contribution in [2.75, 3.05) is 7.11 Å². The number of nitrogens with one attached hydrogen (secondary N) is 1. The van der Waals surface area contributed by atoms with Gasteiger partial charge in [0.2, 0.25) is 0 Å². The summed E-state index contributed by atoms with van der Waals surface area (Å²) < 4.78 is 5.05. The summed E-state index contributed by atoms with van der Waals surface area (Å²) >= 11 is 0. The van der Waals surface area contributed by atoms with Crippen LogP contribution in [0.5, 0.6) is 0 Å². The van der Waals surface area contributed by atoms with Crippen molar-refractivity contribution in [3.05, 3.63) is 70.9 Å². The minimum Gasteiger partial charge on any atom is -0.465 e. The topological polar surface area (TPSA) is 58.7 Å². The number of nitrogens with two attached hydrogens (primary N) is 1. The third-order valence-electron chi connectivity index (χ3n) is 5.47. The standard InChI is InChI=1S/C22H24N2O2/c1-13(2)14-8-10-15(11-9-14)20-21-17(12-19(24-20)22(25)26-3)16-6-4-5-7-18(16)23-21/h4-11,13,19-20,23-24H,12H2,1-3H3/p+1/t19-,20-/m0/s1. The summed E-state index contributed by atoms with van der Waals surface area (Å²) in [5.74, 6) is 0.343. The highest BCUT2D eigenvalue weighted by molar-refractivity contribution is 5.86. The number of H-pyrrole nitrogens is 1. The number of aromatic amines is 1. The molecule has 0 amide bonds. The molecule has 4 nitrogen and oxygen atoms in total. The van der Waals surface area contributed by atoms with Crippen molar-refractivity contribution in [2.45, 2.75) is 38.3 Å². The van der Waals surface area contributed by atoms with Crippen molar-refractivity contribution in [1.82, 2.24) is 4.98 Å². The minimum atomic E-state index is -0.221. The van der Waals surface area contributed by atoms with Crippen LogP contribution in [0.2, 0.25) is 0 Å². The van der Waals surface area contributed by atoms with E-state index in [0.717, 1.165) is 5.52 Å². The molecule has 4 heteroatoms. The van der Waals surface area contributed by atoms with Gasteiger partial charge in [-0.15, -0.1) is 0 Å². The van der Waals surface area contributed by atoms with E-state index in [0.29, 0.717) is 12.3 Å². The van der Waals surface area contributed by atoms with Crippen LogP contribution in [-0.2, 0) is 16.0 Å². The van der Waals surface area contributed by atoms with E-state index in [-0.39, 0.29) is 18.1 Å². The Bertz CT molecular complexity index is 940. The zero-order valence-electron chi connectivity index (χ0n) is 15.5. The average molecular weight is 349 g/mol. The van der Waals surface area contributed by atoms with Crippen molar-refractivity contribution in [2.24, 2.45) is 0 Å². The number of carbonyl (C=O) groups excluding carboxylic acids is 1. The Labute approximate surface area is 153 Å². The smallest absolute Gasteiger partial charge is 0.364 e. The largest absolute Gasteiger partial charge is 0.465 e. The highest BCUT2D eigenvalue weighted by atomic mass is 16.5. The Morgan fingerprint density at radius 1 is 1.15 bits per heavy atom. The first-order valence-corrected chi connectivity index (χ1v) is 9.20. The Morgan fingerprint density at radius 2 is 1.88 bits per heavy atom. The molecule has 134 valence electrons. The lowest BCUT2D eigenvalue weighted by atomic mass is 9.89. The van der Waals surface area contributed by atoms with Crippen LogP contribution in [-0.4, -0.2) is 24.1 Å². The summed E-state index contributed by atoms with van der Waals surface area (Å²) in [6, 6.07) is 16.9. The molecule has 3 N–H and O–H groups in total. The van der Waals surface area contributed by atoms with Crippen LogP contribution < -0.4 is 5.32 Å². The molecular weight excluding hydrogens is 324 g/mol. The number of hydrogen-bond donors (Lipinski definition) is 2. The van der Waals surface area contributed by atoms with E-state index < -0.39 is 0 Å². The summed E-state index contributed by atoms with van der Waals surface area (Å²) in [6.07, 6.45) is 0.687.